The van der Waals surface area contributed by atoms with Gasteiger partial charge in [-0.15, -0.1) is 0 Å². The zero-order valence-electron chi connectivity index (χ0n) is 14.9. The minimum atomic E-state index is -0.475. The van der Waals surface area contributed by atoms with Gasteiger partial charge < -0.3 is 20.0 Å². The van der Waals surface area contributed by atoms with Crippen molar-refractivity contribution in [2.24, 2.45) is 0 Å². The summed E-state index contributed by atoms with van der Waals surface area (Å²) >= 11 is 0. The van der Waals surface area contributed by atoms with Crippen LogP contribution in [0, 0.1) is 0 Å². The molecule has 0 saturated heterocycles. The number of benzene rings is 2. The lowest BCUT2D eigenvalue weighted by Crippen LogP contribution is -2.37. The van der Waals surface area contributed by atoms with Crippen molar-refractivity contribution in [2.75, 3.05) is 42.3 Å². The number of carbonyl (C=O) groups is 2. The molecule has 4 bridgehead atoms. The second-order valence-electron chi connectivity index (χ2n) is 6.25. The molecule has 5 rings (SSSR count). The quantitative estimate of drug-likeness (QED) is 0.756. The normalized spacial score (nSPS) is 15.8. The summed E-state index contributed by atoms with van der Waals surface area (Å²) in [4.78, 5) is 32.3. The Morgan fingerprint density at radius 2 is 1.38 bits per heavy atom. The van der Waals surface area contributed by atoms with Crippen LogP contribution in [0.5, 0.6) is 0 Å². The van der Waals surface area contributed by atoms with Crippen LogP contribution in [-0.2, 0) is 14.4 Å². The molecule has 0 radical (unpaired) electrons. The van der Waals surface area contributed by atoms with E-state index in [1.54, 1.807) is 11.9 Å². The Morgan fingerprint density at radius 3 is 1.96 bits per heavy atom. The second-order valence-corrected chi connectivity index (χ2v) is 6.25. The van der Waals surface area contributed by atoms with Crippen molar-refractivity contribution in [2.45, 2.75) is 6.42 Å². The number of carbonyl (C=O) groups excluding carboxylic acids is 2. The van der Waals surface area contributed by atoms with Gasteiger partial charge in [0.25, 0.3) is 5.91 Å². The zero-order chi connectivity index (χ0) is 18.5. The Labute approximate surface area is 152 Å². The maximum absolute atomic E-state index is 11.9. The molecule has 0 aliphatic carbocycles. The summed E-state index contributed by atoms with van der Waals surface area (Å²) in [5.74, 6) is -0.857. The largest absolute Gasteiger partial charge is 0.374 e. The van der Waals surface area contributed by atoms with Crippen LogP contribution in [0.2, 0.25) is 0 Å². The first kappa shape index (κ1) is 17.6. The van der Waals surface area contributed by atoms with Crippen molar-refractivity contribution < 1.29 is 14.4 Å². The summed E-state index contributed by atoms with van der Waals surface area (Å²) in [5, 5.41) is 3.35. The highest BCUT2D eigenvalue weighted by molar-refractivity contribution is 5.82. The zero-order valence-corrected chi connectivity index (χ0v) is 14.9. The number of nitrogens with zero attached hydrogens (tertiary/aromatic N) is 2. The summed E-state index contributed by atoms with van der Waals surface area (Å²) in [7, 11) is 3.70. The molecule has 3 aliphatic rings. The molecular weight excluding hydrogens is 332 g/mol. The first-order chi connectivity index (χ1) is 12.5. The predicted molar refractivity (Wildman–Crippen MR) is 102 cm³/mol. The maximum Gasteiger partial charge on any atom is 0.334 e. The van der Waals surface area contributed by atoms with Gasteiger partial charge in [-0.2, -0.15) is 5.48 Å². The average molecular weight is 354 g/mol. The van der Waals surface area contributed by atoms with E-state index in [9.17, 15) is 9.59 Å². The van der Waals surface area contributed by atoms with Gasteiger partial charge in [0, 0.05) is 43.4 Å². The molecule has 136 valence electrons. The minimum Gasteiger partial charge on any atom is -0.374 e. The molecule has 3 heterocycles. The van der Waals surface area contributed by atoms with E-state index in [1.807, 2.05) is 60.5 Å². The molecule has 0 spiro atoms. The van der Waals surface area contributed by atoms with Crippen molar-refractivity contribution in [1.29, 1.82) is 0 Å². The number of hydrogen-bond acceptors (Lipinski definition) is 6. The van der Waals surface area contributed by atoms with Crippen LogP contribution in [0.4, 0.5) is 22.7 Å². The van der Waals surface area contributed by atoms with E-state index in [0.29, 0.717) is 6.54 Å². The van der Waals surface area contributed by atoms with Gasteiger partial charge in [0.15, 0.2) is 0 Å². The van der Waals surface area contributed by atoms with Gasteiger partial charge in [-0.1, -0.05) is 0 Å². The summed E-state index contributed by atoms with van der Waals surface area (Å²) < 4.78 is 0. The lowest BCUT2D eigenvalue weighted by atomic mass is 10.2. The van der Waals surface area contributed by atoms with E-state index >= 15 is 0 Å². The number of hydrogen-bond donors (Lipinski definition) is 2. The Bertz CT molecular complexity index is 774. The molecule has 1 amide bonds. The number of likely N-dealkylation sites (N-methyl/N-ethyl adjacent to an activating group) is 1. The van der Waals surface area contributed by atoms with Crippen LogP contribution in [0.1, 0.15) is 6.42 Å². The number of rotatable bonds is 0. The number of fused-ring (bicyclic) bond motifs is 2. The van der Waals surface area contributed by atoms with E-state index in [4.69, 9.17) is 4.84 Å². The summed E-state index contributed by atoms with van der Waals surface area (Å²) in [6.07, 6.45) is 0.174. The topological polar surface area (TPSA) is 73.9 Å². The molecule has 2 aromatic carbocycles. The third kappa shape index (κ3) is 4.44. The Balaban J connectivity index is 1.83. The third-order valence-corrected chi connectivity index (χ3v) is 4.22. The molecule has 0 fully saturated rings. The van der Waals surface area contributed by atoms with Crippen LogP contribution >= 0.6 is 0 Å². The van der Waals surface area contributed by atoms with Crippen LogP contribution < -0.4 is 20.6 Å². The van der Waals surface area contributed by atoms with Crippen LogP contribution in [0.25, 0.3) is 0 Å². The van der Waals surface area contributed by atoms with Gasteiger partial charge in [0.05, 0.1) is 13.0 Å². The fraction of sp³-hybridized carbons (Fsp3) is 0.263. The number of nitrogens with one attached hydrogen (secondary N) is 2. The number of amides is 1. The molecule has 2 N–H and O–H groups in total. The second kappa shape index (κ2) is 7.77. The van der Waals surface area contributed by atoms with E-state index in [1.165, 1.54) is 0 Å². The lowest BCUT2D eigenvalue weighted by Gasteiger charge is -2.21. The predicted octanol–water partition coefficient (Wildman–Crippen LogP) is 2.28. The van der Waals surface area contributed by atoms with Gasteiger partial charge in [-0.05, 0) is 48.5 Å². The smallest absolute Gasteiger partial charge is 0.334 e. The fourth-order valence-corrected chi connectivity index (χ4v) is 2.66. The van der Waals surface area contributed by atoms with Crippen molar-refractivity contribution in [1.82, 2.24) is 5.48 Å². The summed E-state index contributed by atoms with van der Waals surface area (Å²) in [5.41, 5.74) is 6.02. The van der Waals surface area contributed by atoms with Crippen molar-refractivity contribution in [3.05, 3.63) is 48.5 Å². The van der Waals surface area contributed by atoms with Gasteiger partial charge in [0.2, 0.25) is 0 Å². The van der Waals surface area contributed by atoms with E-state index in [0.717, 1.165) is 22.7 Å². The molecule has 26 heavy (non-hydrogen) atoms. The number of hydroxylamine groups is 1. The van der Waals surface area contributed by atoms with Crippen molar-refractivity contribution >= 4 is 34.6 Å². The Hall–Kier alpha value is -3.22. The van der Waals surface area contributed by atoms with Gasteiger partial charge in [-0.25, -0.2) is 4.79 Å². The maximum atomic E-state index is 11.9. The highest BCUT2D eigenvalue weighted by atomic mass is 16.7. The van der Waals surface area contributed by atoms with Gasteiger partial charge >= 0.3 is 5.97 Å². The third-order valence-electron chi connectivity index (χ3n) is 4.22. The molecule has 3 aliphatic heterocycles. The first-order valence-corrected chi connectivity index (χ1v) is 8.39. The highest BCUT2D eigenvalue weighted by Gasteiger charge is 2.12. The van der Waals surface area contributed by atoms with Gasteiger partial charge in [0.1, 0.15) is 0 Å². The van der Waals surface area contributed by atoms with E-state index in [2.05, 4.69) is 10.8 Å². The van der Waals surface area contributed by atoms with E-state index < -0.39 is 5.97 Å². The summed E-state index contributed by atoms with van der Waals surface area (Å²) in [6, 6.07) is 15.7. The van der Waals surface area contributed by atoms with Crippen LogP contribution in [0.15, 0.2) is 48.5 Å². The molecule has 0 unspecified atom stereocenters. The average Bonchev–Trinajstić information content (AvgIpc) is 2.65. The SMILES string of the molecule is CN1CCC(=O)ONC(=O)CN(C)c2ccc(cc2)Nc2ccc1cc2. The molecule has 0 atom stereocenters. The molecule has 0 aromatic heterocycles. The van der Waals surface area contributed by atoms with E-state index in [-0.39, 0.29) is 18.9 Å². The van der Waals surface area contributed by atoms with Gasteiger partial charge in [-0.3, -0.25) is 4.79 Å². The van der Waals surface area contributed by atoms with Crippen molar-refractivity contribution in [3.63, 3.8) is 0 Å². The highest BCUT2D eigenvalue weighted by Crippen LogP contribution is 2.23. The molecule has 2 aromatic rings. The Morgan fingerprint density at radius 1 is 0.846 bits per heavy atom. The minimum absolute atomic E-state index is 0.0841. The lowest BCUT2D eigenvalue weighted by molar-refractivity contribution is -0.157. The van der Waals surface area contributed by atoms with Crippen molar-refractivity contribution in [3.8, 4) is 0 Å². The molecular formula is C19H22N4O3. The number of anilines is 4. The molecule has 7 heteroatoms. The fourth-order valence-electron chi connectivity index (χ4n) is 2.66. The monoisotopic (exact) mass is 354 g/mol. The van der Waals surface area contributed by atoms with Crippen LogP contribution in [-0.4, -0.2) is 39.1 Å². The Kier molecular flexibility index (Phi) is 5.26. The molecule has 0 saturated carbocycles. The standard InChI is InChI=1S/C19H22N4O3/c1-22-12-11-19(25)26-21-18(24)13-23(2)17-9-5-15(6-10-17)20-14-3-7-16(22)8-4-14/h3-10,20H,11-13H2,1-2H3,(H,21,24). The first-order valence-electron chi connectivity index (χ1n) is 8.39. The van der Waals surface area contributed by atoms with Crippen LogP contribution in [0.3, 0.4) is 0 Å². The summed E-state index contributed by atoms with van der Waals surface area (Å²) in [6.45, 7) is 0.572. The molecule has 7 nitrogen and oxygen atoms in total.